The number of ketones is 1. The summed E-state index contributed by atoms with van der Waals surface area (Å²) in [7, 11) is 0. The van der Waals surface area contributed by atoms with Crippen LogP contribution in [0.2, 0.25) is 0 Å². The topological polar surface area (TPSA) is 75.3 Å². The molecule has 0 saturated carbocycles. The Morgan fingerprint density at radius 3 is 2.08 bits per heavy atom. The van der Waals surface area contributed by atoms with E-state index in [1.807, 2.05) is 44.2 Å². The molecule has 2 N–H and O–H groups in total. The summed E-state index contributed by atoms with van der Waals surface area (Å²) < 4.78 is 0. The Morgan fingerprint density at radius 2 is 1.54 bits per heavy atom. The number of carbonyl (C=O) groups is 3. The molecule has 0 aromatic heterocycles. The van der Waals surface area contributed by atoms with Gasteiger partial charge in [0, 0.05) is 11.3 Å². The van der Waals surface area contributed by atoms with Gasteiger partial charge in [0.15, 0.2) is 5.78 Å². The van der Waals surface area contributed by atoms with Crippen LogP contribution in [0.15, 0.2) is 54.6 Å². The molecule has 2 rings (SSSR count). The minimum absolute atomic E-state index is 0.0314. The molecule has 5 heteroatoms. The number of rotatable bonds is 7. The normalized spacial score (nSPS) is 11.7. The lowest BCUT2D eigenvalue weighted by Crippen LogP contribution is -2.47. The first-order valence-corrected chi connectivity index (χ1v) is 8.62. The second kappa shape index (κ2) is 8.94. The first-order chi connectivity index (χ1) is 12.4. The molecule has 0 fully saturated rings. The summed E-state index contributed by atoms with van der Waals surface area (Å²) in [5.74, 6) is -0.573. The smallest absolute Gasteiger partial charge is 0.247 e. The minimum atomic E-state index is -0.640. The van der Waals surface area contributed by atoms with E-state index in [4.69, 9.17) is 0 Å². The molecule has 136 valence electrons. The average molecular weight is 352 g/mol. The zero-order valence-electron chi connectivity index (χ0n) is 15.3. The summed E-state index contributed by atoms with van der Waals surface area (Å²) in [4.78, 5) is 36.2. The van der Waals surface area contributed by atoms with Crippen LogP contribution in [-0.2, 0) is 16.0 Å². The molecule has 0 aliphatic rings. The number of hydrogen-bond acceptors (Lipinski definition) is 3. The van der Waals surface area contributed by atoms with E-state index in [0.717, 1.165) is 5.56 Å². The highest BCUT2D eigenvalue weighted by Crippen LogP contribution is 2.12. The third kappa shape index (κ3) is 5.55. The minimum Gasteiger partial charge on any atom is -0.344 e. The van der Waals surface area contributed by atoms with Crippen LogP contribution in [-0.4, -0.2) is 23.6 Å². The maximum absolute atomic E-state index is 12.6. The van der Waals surface area contributed by atoms with Crippen LogP contribution in [0.4, 0.5) is 5.69 Å². The predicted molar refractivity (Wildman–Crippen MR) is 102 cm³/mol. The van der Waals surface area contributed by atoms with Gasteiger partial charge in [-0.2, -0.15) is 0 Å². The Hall–Kier alpha value is -2.95. The highest BCUT2D eigenvalue weighted by Gasteiger charge is 2.24. The molecule has 0 aliphatic heterocycles. The quantitative estimate of drug-likeness (QED) is 0.751. The van der Waals surface area contributed by atoms with Gasteiger partial charge >= 0.3 is 0 Å². The van der Waals surface area contributed by atoms with Crippen molar-refractivity contribution >= 4 is 23.3 Å². The van der Waals surface area contributed by atoms with Crippen LogP contribution in [0.1, 0.15) is 36.7 Å². The van der Waals surface area contributed by atoms with E-state index in [1.165, 1.54) is 6.92 Å². The van der Waals surface area contributed by atoms with Crippen molar-refractivity contribution in [1.29, 1.82) is 0 Å². The Morgan fingerprint density at radius 1 is 0.923 bits per heavy atom. The van der Waals surface area contributed by atoms with Crippen molar-refractivity contribution in [1.82, 2.24) is 5.32 Å². The van der Waals surface area contributed by atoms with E-state index in [0.29, 0.717) is 11.3 Å². The van der Waals surface area contributed by atoms with Crippen molar-refractivity contribution in [2.45, 2.75) is 33.2 Å². The zero-order chi connectivity index (χ0) is 19.1. The molecule has 0 bridgehead atoms. The molecule has 2 amide bonds. The number of hydrogen-bond donors (Lipinski definition) is 2. The molecule has 2 aromatic rings. The van der Waals surface area contributed by atoms with Gasteiger partial charge in [0.2, 0.25) is 11.8 Å². The second-order valence-electron chi connectivity index (χ2n) is 6.57. The van der Waals surface area contributed by atoms with Crippen LogP contribution in [0.5, 0.6) is 0 Å². The summed E-state index contributed by atoms with van der Waals surface area (Å²) in [5.41, 5.74) is 2.07. The Labute approximate surface area is 153 Å². The molecule has 0 spiro atoms. The Bertz CT molecular complexity index is 768. The van der Waals surface area contributed by atoms with Gasteiger partial charge in [0.25, 0.3) is 0 Å². The molecular weight excluding hydrogens is 328 g/mol. The predicted octanol–water partition coefficient (Wildman–Crippen LogP) is 3.21. The van der Waals surface area contributed by atoms with Crippen LogP contribution >= 0.6 is 0 Å². The molecule has 1 unspecified atom stereocenters. The van der Waals surface area contributed by atoms with E-state index >= 15 is 0 Å². The molecule has 0 radical (unpaired) electrons. The third-order valence-corrected chi connectivity index (χ3v) is 4.03. The maximum atomic E-state index is 12.6. The maximum Gasteiger partial charge on any atom is 0.247 e. The summed E-state index contributed by atoms with van der Waals surface area (Å²) >= 11 is 0. The van der Waals surface area contributed by atoms with E-state index in [2.05, 4.69) is 10.6 Å². The SMILES string of the molecule is CC(=O)c1ccc(NC(=O)C(NC(=O)Cc2ccccc2)C(C)C)cc1. The summed E-state index contributed by atoms with van der Waals surface area (Å²) in [6.45, 7) is 5.25. The molecular formula is C21H24N2O3. The third-order valence-electron chi connectivity index (χ3n) is 4.03. The lowest BCUT2D eigenvalue weighted by Gasteiger charge is -2.22. The highest BCUT2D eigenvalue weighted by molar-refractivity contribution is 5.98. The number of benzene rings is 2. The van der Waals surface area contributed by atoms with Crippen LogP contribution in [0, 0.1) is 5.92 Å². The fourth-order valence-corrected chi connectivity index (χ4v) is 2.55. The lowest BCUT2D eigenvalue weighted by atomic mass is 10.0. The van der Waals surface area contributed by atoms with Crippen LogP contribution in [0.3, 0.4) is 0 Å². The van der Waals surface area contributed by atoms with Crippen molar-refractivity contribution in [2.24, 2.45) is 5.92 Å². The largest absolute Gasteiger partial charge is 0.344 e. The van der Waals surface area contributed by atoms with Crippen molar-refractivity contribution in [3.63, 3.8) is 0 Å². The van der Waals surface area contributed by atoms with Gasteiger partial charge in [0.1, 0.15) is 6.04 Å². The molecule has 26 heavy (non-hydrogen) atoms. The van der Waals surface area contributed by atoms with E-state index in [1.54, 1.807) is 24.3 Å². The number of anilines is 1. The molecule has 2 aromatic carbocycles. The molecule has 5 nitrogen and oxygen atoms in total. The highest BCUT2D eigenvalue weighted by atomic mass is 16.2. The van der Waals surface area contributed by atoms with Crippen molar-refractivity contribution in [3.05, 3.63) is 65.7 Å². The van der Waals surface area contributed by atoms with E-state index in [9.17, 15) is 14.4 Å². The Balaban J connectivity index is 2.00. The Kier molecular flexibility index (Phi) is 6.67. The van der Waals surface area contributed by atoms with Crippen LogP contribution < -0.4 is 10.6 Å². The molecule has 0 aliphatic carbocycles. The van der Waals surface area contributed by atoms with Crippen molar-refractivity contribution in [2.75, 3.05) is 5.32 Å². The number of carbonyl (C=O) groups excluding carboxylic acids is 3. The molecule has 1 atom stereocenters. The monoisotopic (exact) mass is 352 g/mol. The zero-order valence-corrected chi connectivity index (χ0v) is 15.3. The first-order valence-electron chi connectivity index (χ1n) is 8.62. The van der Waals surface area contributed by atoms with Gasteiger partial charge in [-0.25, -0.2) is 0 Å². The number of nitrogens with one attached hydrogen (secondary N) is 2. The average Bonchev–Trinajstić information content (AvgIpc) is 2.60. The fourth-order valence-electron chi connectivity index (χ4n) is 2.55. The summed E-state index contributed by atoms with van der Waals surface area (Å²) in [5, 5.41) is 5.60. The standard InChI is InChI=1S/C21H24N2O3/c1-14(2)20(23-19(25)13-16-7-5-4-6-8-16)21(26)22-18-11-9-17(10-12-18)15(3)24/h4-12,14,20H,13H2,1-3H3,(H,22,26)(H,23,25). The first kappa shape index (κ1) is 19.4. The van der Waals surface area contributed by atoms with E-state index < -0.39 is 6.04 Å². The number of amides is 2. The van der Waals surface area contributed by atoms with Crippen LogP contribution in [0.25, 0.3) is 0 Å². The van der Waals surface area contributed by atoms with Crippen molar-refractivity contribution in [3.8, 4) is 0 Å². The van der Waals surface area contributed by atoms with Crippen molar-refractivity contribution < 1.29 is 14.4 Å². The lowest BCUT2D eigenvalue weighted by molar-refractivity contribution is -0.127. The van der Waals surface area contributed by atoms with Gasteiger partial charge in [0.05, 0.1) is 6.42 Å². The fraction of sp³-hybridized carbons (Fsp3) is 0.286. The summed E-state index contributed by atoms with van der Waals surface area (Å²) in [6, 6.07) is 15.4. The van der Waals surface area contributed by atoms with Gasteiger partial charge in [-0.1, -0.05) is 44.2 Å². The number of Topliss-reactive ketones (excluding diaryl/α,β-unsaturated/α-hetero) is 1. The molecule has 0 saturated heterocycles. The van der Waals surface area contributed by atoms with Gasteiger partial charge in [-0.3, -0.25) is 14.4 Å². The summed E-state index contributed by atoms with van der Waals surface area (Å²) in [6.07, 6.45) is 0.227. The van der Waals surface area contributed by atoms with Gasteiger partial charge < -0.3 is 10.6 Å². The second-order valence-corrected chi connectivity index (χ2v) is 6.57. The van der Waals surface area contributed by atoms with Gasteiger partial charge in [-0.05, 0) is 42.7 Å². The molecule has 0 heterocycles. The van der Waals surface area contributed by atoms with E-state index in [-0.39, 0.29) is 29.9 Å². The van der Waals surface area contributed by atoms with Gasteiger partial charge in [-0.15, -0.1) is 0 Å².